The summed E-state index contributed by atoms with van der Waals surface area (Å²) in [5, 5.41) is 0. The third kappa shape index (κ3) is 5.89. The van der Waals surface area contributed by atoms with Crippen LogP contribution in [0.15, 0.2) is 67.3 Å². The predicted molar refractivity (Wildman–Crippen MR) is 105 cm³/mol. The van der Waals surface area contributed by atoms with Gasteiger partial charge in [-0.25, -0.2) is 8.42 Å². The number of anilines is 1. The lowest BCUT2D eigenvalue weighted by Crippen LogP contribution is -2.14. The topological polar surface area (TPSA) is 72.5 Å². The minimum atomic E-state index is -3.33. The van der Waals surface area contributed by atoms with E-state index >= 15 is 0 Å². The van der Waals surface area contributed by atoms with Crippen LogP contribution in [0.3, 0.4) is 0 Å². The van der Waals surface area contributed by atoms with Gasteiger partial charge in [-0.1, -0.05) is 30.9 Å². The Morgan fingerprint density at radius 1 is 1.12 bits per heavy atom. The quantitative estimate of drug-likeness (QED) is 0.412. The number of ether oxygens (including phenoxy) is 1. The van der Waals surface area contributed by atoms with Crippen LogP contribution in [0.1, 0.15) is 22.8 Å². The zero-order chi connectivity index (χ0) is 19.0. The molecule has 5 nitrogen and oxygen atoms in total. The van der Waals surface area contributed by atoms with E-state index in [0.717, 1.165) is 11.3 Å². The standard InChI is InChI=1S/C20H21NO4S/c1-3-15-25-19-12-5-16(6-13-19)7-14-20(22)17-8-10-18(11-9-17)21-26(23,24)4-2/h3,5-14,21H,1,4,15H2,2H3/b14-7+. The van der Waals surface area contributed by atoms with Gasteiger partial charge in [-0.15, -0.1) is 0 Å². The SMILES string of the molecule is C=CCOc1ccc(/C=C/C(=O)c2ccc(NS(=O)(=O)CC)cc2)cc1. The Balaban J connectivity index is 2.00. The van der Waals surface area contributed by atoms with E-state index in [-0.39, 0.29) is 11.5 Å². The normalized spacial score (nSPS) is 11.3. The fourth-order valence-electron chi connectivity index (χ4n) is 2.05. The Morgan fingerprint density at radius 3 is 2.35 bits per heavy atom. The number of hydrogen-bond donors (Lipinski definition) is 1. The van der Waals surface area contributed by atoms with Crippen molar-refractivity contribution in [3.63, 3.8) is 0 Å². The van der Waals surface area contributed by atoms with Crippen molar-refractivity contribution in [1.29, 1.82) is 0 Å². The summed E-state index contributed by atoms with van der Waals surface area (Å²) in [6.07, 6.45) is 4.86. The number of sulfonamides is 1. The summed E-state index contributed by atoms with van der Waals surface area (Å²) in [6.45, 7) is 5.59. The van der Waals surface area contributed by atoms with Gasteiger partial charge in [-0.3, -0.25) is 9.52 Å². The molecule has 0 fully saturated rings. The first-order valence-corrected chi connectivity index (χ1v) is 9.75. The predicted octanol–water partition coefficient (Wildman–Crippen LogP) is 3.91. The largest absolute Gasteiger partial charge is 0.490 e. The van der Waals surface area contributed by atoms with Crippen molar-refractivity contribution in [3.8, 4) is 5.75 Å². The molecule has 2 aromatic rings. The molecular weight excluding hydrogens is 350 g/mol. The van der Waals surface area contributed by atoms with Gasteiger partial charge < -0.3 is 4.74 Å². The van der Waals surface area contributed by atoms with Gasteiger partial charge >= 0.3 is 0 Å². The van der Waals surface area contributed by atoms with Crippen LogP contribution in [0.25, 0.3) is 6.08 Å². The molecule has 0 spiro atoms. The summed E-state index contributed by atoms with van der Waals surface area (Å²) in [6, 6.07) is 13.7. The first-order valence-electron chi connectivity index (χ1n) is 8.10. The van der Waals surface area contributed by atoms with E-state index in [1.54, 1.807) is 43.3 Å². The van der Waals surface area contributed by atoms with Crippen LogP contribution < -0.4 is 9.46 Å². The maximum Gasteiger partial charge on any atom is 0.232 e. The van der Waals surface area contributed by atoms with Crippen molar-refractivity contribution in [2.24, 2.45) is 0 Å². The molecule has 0 heterocycles. The van der Waals surface area contributed by atoms with Gasteiger partial charge in [-0.2, -0.15) is 0 Å². The van der Waals surface area contributed by atoms with Crippen LogP contribution in [0.2, 0.25) is 0 Å². The van der Waals surface area contributed by atoms with Crippen LogP contribution in [-0.2, 0) is 10.0 Å². The maximum atomic E-state index is 12.2. The lowest BCUT2D eigenvalue weighted by Gasteiger charge is -2.06. The molecule has 6 heteroatoms. The Bertz CT molecular complexity index is 882. The Morgan fingerprint density at radius 2 is 1.77 bits per heavy atom. The van der Waals surface area contributed by atoms with Crippen LogP contribution >= 0.6 is 0 Å². The van der Waals surface area contributed by atoms with Gasteiger partial charge in [0, 0.05) is 11.3 Å². The van der Waals surface area contributed by atoms with Crippen molar-refractivity contribution in [2.75, 3.05) is 17.1 Å². The summed E-state index contributed by atoms with van der Waals surface area (Å²) in [7, 11) is -3.33. The third-order valence-electron chi connectivity index (χ3n) is 3.50. The molecule has 0 aliphatic heterocycles. The Kier molecular flexibility index (Phi) is 6.74. The minimum absolute atomic E-state index is 0.00611. The molecular formula is C20H21NO4S. The fourth-order valence-corrected chi connectivity index (χ4v) is 2.69. The number of hydrogen-bond acceptors (Lipinski definition) is 4. The number of benzene rings is 2. The minimum Gasteiger partial charge on any atom is -0.490 e. The van der Waals surface area contributed by atoms with Gasteiger partial charge in [0.25, 0.3) is 0 Å². The highest BCUT2D eigenvalue weighted by Gasteiger charge is 2.07. The van der Waals surface area contributed by atoms with E-state index < -0.39 is 10.0 Å². The van der Waals surface area contributed by atoms with Crippen molar-refractivity contribution < 1.29 is 17.9 Å². The van der Waals surface area contributed by atoms with Crippen molar-refractivity contribution >= 4 is 27.6 Å². The molecule has 0 unspecified atom stereocenters. The Hall–Kier alpha value is -2.86. The summed E-state index contributed by atoms with van der Waals surface area (Å²) in [5.74, 6) is 0.564. The monoisotopic (exact) mass is 371 g/mol. The van der Waals surface area contributed by atoms with Crippen LogP contribution in [0.4, 0.5) is 5.69 Å². The highest BCUT2D eigenvalue weighted by Crippen LogP contribution is 2.15. The number of nitrogens with one attached hydrogen (secondary N) is 1. The number of carbonyl (C=O) groups excluding carboxylic acids is 1. The van der Waals surface area contributed by atoms with Crippen LogP contribution in [-0.4, -0.2) is 26.6 Å². The van der Waals surface area contributed by atoms with E-state index in [9.17, 15) is 13.2 Å². The Labute approximate surface area is 154 Å². The van der Waals surface area contributed by atoms with Gasteiger partial charge in [-0.05, 0) is 55.0 Å². The van der Waals surface area contributed by atoms with Crippen molar-refractivity contribution in [3.05, 3.63) is 78.4 Å². The third-order valence-corrected chi connectivity index (χ3v) is 4.80. The molecule has 0 atom stereocenters. The summed E-state index contributed by atoms with van der Waals surface area (Å²) in [5.41, 5.74) is 1.78. The fraction of sp³-hybridized carbons (Fsp3) is 0.150. The summed E-state index contributed by atoms with van der Waals surface area (Å²) >= 11 is 0. The van der Waals surface area contributed by atoms with E-state index in [4.69, 9.17) is 4.74 Å². The van der Waals surface area contributed by atoms with E-state index in [0.29, 0.717) is 17.9 Å². The molecule has 2 rings (SSSR count). The molecule has 2 aromatic carbocycles. The smallest absolute Gasteiger partial charge is 0.232 e. The highest BCUT2D eigenvalue weighted by atomic mass is 32.2. The van der Waals surface area contributed by atoms with E-state index in [1.165, 1.54) is 6.08 Å². The molecule has 0 aliphatic carbocycles. The average molecular weight is 371 g/mol. The molecule has 136 valence electrons. The van der Waals surface area contributed by atoms with E-state index in [1.807, 2.05) is 24.3 Å². The van der Waals surface area contributed by atoms with Gasteiger partial charge in [0.15, 0.2) is 5.78 Å². The lowest BCUT2D eigenvalue weighted by molar-refractivity contribution is 0.104. The molecule has 26 heavy (non-hydrogen) atoms. The van der Waals surface area contributed by atoms with Crippen LogP contribution in [0, 0.1) is 0 Å². The number of ketones is 1. The van der Waals surface area contributed by atoms with Gasteiger partial charge in [0.05, 0.1) is 5.75 Å². The second-order valence-corrected chi connectivity index (χ2v) is 7.46. The first kappa shape index (κ1) is 19.5. The summed E-state index contributed by atoms with van der Waals surface area (Å²) < 4.78 is 30.9. The zero-order valence-corrected chi connectivity index (χ0v) is 15.3. The molecule has 0 saturated carbocycles. The maximum absolute atomic E-state index is 12.2. The molecule has 0 bridgehead atoms. The van der Waals surface area contributed by atoms with E-state index in [2.05, 4.69) is 11.3 Å². The number of carbonyl (C=O) groups is 1. The second kappa shape index (κ2) is 9.01. The van der Waals surface area contributed by atoms with Gasteiger partial charge in [0.1, 0.15) is 12.4 Å². The second-order valence-electron chi connectivity index (χ2n) is 5.45. The molecule has 1 N–H and O–H groups in total. The summed E-state index contributed by atoms with van der Waals surface area (Å²) in [4.78, 5) is 12.2. The average Bonchev–Trinajstić information content (AvgIpc) is 2.65. The molecule has 0 amide bonds. The van der Waals surface area contributed by atoms with Crippen LogP contribution in [0.5, 0.6) is 5.75 Å². The molecule has 0 radical (unpaired) electrons. The highest BCUT2D eigenvalue weighted by molar-refractivity contribution is 7.92. The first-order chi connectivity index (χ1) is 12.4. The number of allylic oxidation sites excluding steroid dienone is 1. The number of rotatable bonds is 9. The molecule has 0 aromatic heterocycles. The van der Waals surface area contributed by atoms with Crippen molar-refractivity contribution in [1.82, 2.24) is 0 Å². The van der Waals surface area contributed by atoms with Crippen molar-refractivity contribution in [2.45, 2.75) is 6.92 Å². The zero-order valence-electron chi connectivity index (χ0n) is 14.5. The van der Waals surface area contributed by atoms with Gasteiger partial charge in [0.2, 0.25) is 10.0 Å². The molecule has 0 aliphatic rings. The lowest BCUT2D eigenvalue weighted by atomic mass is 10.1. The molecule has 0 saturated heterocycles.